The molecule has 60 heavy (non-hydrogen) atoms. The first-order chi connectivity index (χ1) is 28.6. The van der Waals surface area contributed by atoms with Crippen molar-refractivity contribution in [1.82, 2.24) is 24.9 Å². The number of halogens is 1. The van der Waals surface area contributed by atoms with Crippen LogP contribution in [0.3, 0.4) is 0 Å². The highest BCUT2D eigenvalue weighted by molar-refractivity contribution is 6.31. The van der Waals surface area contributed by atoms with Crippen molar-refractivity contribution in [2.75, 3.05) is 55.6 Å². The molecule has 4 aliphatic heterocycles. The van der Waals surface area contributed by atoms with Crippen LogP contribution < -0.4 is 20.3 Å². The summed E-state index contributed by atoms with van der Waals surface area (Å²) in [7, 11) is 0. The van der Waals surface area contributed by atoms with Gasteiger partial charge in [-0.25, -0.2) is 0 Å². The second-order valence-electron chi connectivity index (χ2n) is 17.9. The van der Waals surface area contributed by atoms with Gasteiger partial charge in [0.2, 0.25) is 5.91 Å². The molecule has 1 saturated carbocycles. The van der Waals surface area contributed by atoms with Gasteiger partial charge in [-0.3, -0.25) is 38.7 Å². The molecule has 5 amide bonds. The van der Waals surface area contributed by atoms with Gasteiger partial charge in [0.1, 0.15) is 24.0 Å². The number of anilines is 2. The number of primary amides is 1. The molecule has 1 unspecified atom stereocenters. The third-order valence-electron chi connectivity index (χ3n) is 13.4. The highest BCUT2D eigenvalue weighted by atomic mass is 35.5. The zero-order valence-corrected chi connectivity index (χ0v) is 35.2. The number of hydrogen-bond acceptors (Lipinski definition) is 12. The van der Waals surface area contributed by atoms with Gasteiger partial charge in [-0.1, -0.05) is 39.3 Å². The molecule has 2 aromatic carbocycles. The van der Waals surface area contributed by atoms with E-state index in [9.17, 15) is 29.2 Å². The molecule has 5 aliphatic rings. The summed E-state index contributed by atoms with van der Waals surface area (Å²) in [4.78, 5) is 76.5. The number of benzene rings is 2. The van der Waals surface area contributed by atoms with E-state index in [1.807, 2.05) is 39.8 Å². The van der Waals surface area contributed by atoms with Crippen LogP contribution in [0.15, 0.2) is 48.5 Å². The summed E-state index contributed by atoms with van der Waals surface area (Å²) in [6, 6.07) is 14.0. The van der Waals surface area contributed by atoms with E-state index in [0.717, 1.165) is 81.5 Å². The Bertz CT molecular complexity index is 2260. The topological polar surface area (TPSA) is 186 Å². The molecule has 1 aliphatic carbocycles. The molecule has 16 heteroatoms. The summed E-state index contributed by atoms with van der Waals surface area (Å²) >= 11 is 6.28. The summed E-state index contributed by atoms with van der Waals surface area (Å²) in [6.07, 6.45) is 2.87. The number of fused-ring (bicyclic) bond motifs is 1. The number of nitrogens with two attached hydrogens (primary N) is 1. The van der Waals surface area contributed by atoms with Crippen molar-refractivity contribution < 1.29 is 28.7 Å². The molecule has 0 spiro atoms. The Morgan fingerprint density at radius 3 is 2.18 bits per heavy atom. The maximum Gasteiger partial charge on any atom is 0.269 e. The molecule has 2 N–H and O–H groups in total. The molecule has 3 saturated heterocycles. The lowest BCUT2D eigenvalue weighted by atomic mass is 9.48. The maximum atomic E-state index is 14.4. The summed E-state index contributed by atoms with van der Waals surface area (Å²) in [5, 5.41) is 17.7. The van der Waals surface area contributed by atoms with Gasteiger partial charge in [0.25, 0.3) is 23.6 Å². The van der Waals surface area contributed by atoms with Crippen LogP contribution in [0.5, 0.6) is 5.75 Å². The highest BCUT2D eigenvalue weighted by Gasteiger charge is 2.68. The first-order valence-corrected chi connectivity index (χ1v) is 21.1. The molecule has 8 rings (SSSR count). The zero-order chi connectivity index (χ0) is 42.7. The quantitative estimate of drug-likeness (QED) is 0.282. The van der Waals surface area contributed by atoms with Crippen molar-refractivity contribution >= 4 is 52.6 Å². The van der Waals surface area contributed by atoms with Crippen LogP contribution in [0, 0.1) is 28.1 Å². The molecule has 1 atom stereocenters. The van der Waals surface area contributed by atoms with Gasteiger partial charge < -0.3 is 20.3 Å². The normalized spacial score (nSPS) is 24.3. The molecule has 0 bridgehead atoms. The summed E-state index contributed by atoms with van der Waals surface area (Å²) < 4.78 is 6.40. The van der Waals surface area contributed by atoms with E-state index in [1.54, 1.807) is 42.5 Å². The second kappa shape index (κ2) is 15.8. The van der Waals surface area contributed by atoms with E-state index < -0.39 is 52.6 Å². The van der Waals surface area contributed by atoms with E-state index >= 15 is 0 Å². The number of hydrogen-bond donors (Lipinski definition) is 1. The van der Waals surface area contributed by atoms with E-state index in [1.165, 1.54) is 4.90 Å². The van der Waals surface area contributed by atoms with Crippen molar-refractivity contribution in [2.45, 2.75) is 78.0 Å². The number of nitriles is 1. The smallest absolute Gasteiger partial charge is 0.269 e. The Hall–Kier alpha value is -5.59. The molecule has 314 valence electrons. The number of ether oxygens (including phenoxy) is 1. The highest BCUT2D eigenvalue weighted by Crippen LogP contribution is 2.58. The number of likely N-dealkylation sites (tertiary alicyclic amines) is 1. The van der Waals surface area contributed by atoms with Crippen LogP contribution in [0.4, 0.5) is 11.5 Å². The fourth-order valence-corrected chi connectivity index (χ4v) is 10.8. The third kappa shape index (κ3) is 7.23. The number of amides is 5. The predicted octanol–water partition coefficient (Wildman–Crippen LogP) is 4.53. The van der Waals surface area contributed by atoms with Crippen LogP contribution in [0.2, 0.25) is 5.02 Å². The molecule has 1 aromatic heterocycles. The van der Waals surface area contributed by atoms with Gasteiger partial charge in [0, 0.05) is 68.3 Å². The fraction of sp³-hybridized carbons (Fsp3) is 0.500. The van der Waals surface area contributed by atoms with Gasteiger partial charge in [-0.2, -0.15) is 5.26 Å². The lowest BCUT2D eigenvalue weighted by Crippen LogP contribution is -2.77. The molecule has 3 aromatic rings. The predicted molar refractivity (Wildman–Crippen MR) is 223 cm³/mol. The molecule has 15 nitrogen and oxygen atoms in total. The summed E-state index contributed by atoms with van der Waals surface area (Å²) in [6.45, 7) is 13.8. The van der Waals surface area contributed by atoms with E-state index in [4.69, 9.17) is 22.1 Å². The Kier molecular flexibility index (Phi) is 10.8. The van der Waals surface area contributed by atoms with Gasteiger partial charge in [0.05, 0.1) is 27.8 Å². The number of piperidine rings is 2. The first-order valence-electron chi connectivity index (χ1n) is 20.7. The second-order valence-corrected chi connectivity index (χ2v) is 18.3. The lowest BCUT2D eigenvalue weighted by molar-refractivity contribution is -0.216. The fourth-order valence-electron chi connectivity index (χ4n) is 10.6. The number of carbonyl (C=O) groups excluding carboxylic acids is 5. The summed E-state index contributed by atoms with van der Waals surface area (Å²) in [5.41, 5.74) is 5.78. The summed E-state index contributed by atoms with van der Waals surface area (Å²) in [5.74, 6) is -0.684. The van der Waals surface area contributed by atoms with E-state index in [2.05, 4.69) is 24.9 Å². The van der Waals surface area contributed by atoms with Gasteiger partial charge in [-0.05, 0) is 80.6 Å². The van der Waals surface area contributed by atoms with Crippen molar-refractivity contribution in [1.29, 1.82) is 5.26 Å². The van der Waals surface area contributed by atoms with Crippen molar-refractivity contribution in [3.8, 4) is 11.8 Å². The minimum Gasteiger partial charge on any atom is -0.489 e. The largest absolute Gasteiger partial charge is 0.489 e. The Morgan fingerprint density at radius 1 is 0.850 bits per heavy atom. The van der Waals surface area contributed by atoms with Crippen LogP contribution >= 0.6 is 11.6 Å². The minimum atomic E-state index is -1.11. The Morgan fingerprint density at radius 2 is 1.55 bits per heavy atom. The van der Waals surface area contributed by atoms with Crippen LogP contribution in [0.1, 0.15) is 96.6 Å². The number of rotatable bonds is 10. The van der Waals surface area contributed by atoms with Crippen LogP contribution in [-0.2, 0) is 9.59 Å². The molecular weight excluding hydrogens is 786 g/mol. The molecule has 0 radical (unpaired) electrons. The average molecular weight is 836 g/mol. The van der Waals surface area contributed by atoms with Crippen molar-refractivity contribution in [3.63, 3.8) is 0 Å². The zero-order valence-electron chi connectivity index (χ0n) is 34.4. The van der Waals surface area contributed by atoms with E-state index in [-0.39, 0.29) is 40.6 Å². The third-order valence-corrected chi connectivity index (χ3v) is 13.7. The van der Waals surface area contributed by atoms with Gasteiger partial charge >= 0.3 is 0 Å². The van der Waals surface area contributed by atoms with Crippen LogP contribution in [-0.4, -0.2) is 118 Å². The van der Waals surface area contributed by atoms with Crippen molar-refractivity contribution in [2.24, 2.45) is 22.5 Å². The number of nitrogens with zero attached hydrogens (tertiary/aromatic N) is 8. The monoisotopic (exact) mass is 835 g/mol. The number of piperazine rings is 1. The number of carbonyl (C=O) groups is 5. The molecule has 5 heterocycles. The number of imide groups is 2. The van der Waals surface area contributed by atoms with E-state index in [0.29, 0.717) is 17.2 Å². The average Bonchev–Trinajstić information content (AvgIpc) is 3.48. The Balaban J connectivity index is 0.866. The maximum absolute atomic E-state index is 14.4. The Labute approximate surface area is 354 Å². The lowest BCUT2D eigenvalue weighted by Gasteiger charge is -2.65. The minimum absolute atomic E-state index is 0.0151. The molecular formula is C44H50ClN9O6. The van der Waals surface area contributed by atoms with Crippen LogP contribution in [0.25, 0.3) is 0 Å². The van der Waals surface area contributed by atoms with Gasteiger partial charge in [0.15, 0.2) is 11.5 Å². The van der Waals surface area contributed by atoms with Gasteiger partial charge in [-0.15, -0.1) is 10.2 Å². The first kappa shape index (κ1) is 41.2. The SMILES string of the molecule is CC1(C)C(Oc2ccc(C#N)c(Cl)c2)C(C)(C)C1N1C(=O)CCC(N2C(=O)c3ccc(N4CCN(CCC5CCN(c6ccc(C(N)=O)nn6)CC5)CC4)cc3C2=O)C1=O. The standard InChI is InChI=1S/C44H50ClN9O6/c1-43(2)41(44(3,4)42(43)60-29-7-5-27(25-46)32(45)24-29)54-36(55)12-10-34(40(54)59)53-38(57)30-8-6-28(23-31(30)39(53)58)51-21-19-50(20-22-51)16-13-26-14-17-52(18-15-26)35-11-9-33(37(47)56)48-49-35/h5-9,11,23-24,26,34,41-42H,10,12-22H2,1-4H3,(H2,47,56). The molecule has 4 fully saturated rings. The number of aromatic nitrogens is 2. The van der Waals surface area contributed by atoms with Crippen molar-refractivity contribution in [3.05, 3.63) is 75.9 Å².